The van der Waals surface area contributed by atoms with Crippen LogP contribution in [-0.4, -0.2) is 17.3 Å². The Morgan fingerprint density at radius 3 is 2.88 bits per heavy atom. The van der Waals surface area contributed by atoms with E-state index in [1.165, 1.54) is 0 Å². The highest BCUT2D eigenvalue weighted by atomic mass is 16.3. The van der Waals surface area contributed by atoms with E-state index in [0.717, 1.165) is 37.2 Å². The second-order valence-electron chi connectivity index (χ2n) is 4.65. The highest BCUT2D eigenvalue weighted by Gasteiger charge is 2.27. The van der Waals surface area contributed by atoms with Gasteiger partial charge in [0.15, 0.2) is 0 Å². The van der Waals surface area contributed by atoms with E-state index in [-0.39, 0.29) is 18.2 Å². The Kier molecular flexibility index (Phi) is 3.66. The molecule has 1 aliphatic carbocycles. The van der Waals surface area contributed by atoms with Gasteiger partial charge in [0.05, 0.1) is 12.1 Å². The average molecular weight is 223 g/mol. The van der Waals surface area contributed by atoms with Gasteiger partial charge in [0.25, 0.3) is 0 Å². The number of aliphatic hydroxyl groups is 1. The molecule has 0 spiro atoms. The van der Waals surface area contributed by atoms with Crippen LogP contribution in [0.15, 0.2) is 16.5 Å². The lowest BCUT2D eigenvalue weighted by atomic mass is 10.1. The van der Waals surface area contributed by atoms with Gasteiger partial charge >= 0.3 is 0 Å². The summed E-state index contributed by atoms with van der Waals surface area (Å²) in [6, 6.07) is 4.46. The first-order valence-electron chi connectivity index (χ1n) is 6.23. The van der Waals surface area contributed by atoms with Crippen molar-refractivity contribution >= 4 is 0 Å². The maximum atomic E-state index is 9.74. The van der Waals surface area contributed by atoms with Crippen LogP contribution < -0.4 is 5.32 Å². The highest BCUT2D eigenvalue weighted by molar-refractivity contribution is 5.10. The molecule has 3 heteroatoms. The SMILES string of the molecule is CCc1ccc(C(C)NC2CCCC2O)o1. The van der Waals surface area contributed by atoms with E-state index in [9.17, 15) is 5.11 Å². The number of hydrogen-bond donors (Lipinski definition) is 2. The molecule has 1 heterocycles. The third-order valence-electron chi connectivity index (χ3n) is 3.40. The predicted molar refractivity (Wildman–Crippen MR) is 63.3 cm³/mol. The van der Waals surface area contributed by atoms with Crippen molar-refractivity contribution in [3.8, 4) is 0 Å². The van der Waals surface area contributed by atoms with E-state index < -0.39 is 0 Å². The summed E-state index contributed by atoms with van der Waals surface area (Å²) in [7, 11) is 0. The van der Waals surface area contributed by atoms with Crippen LogP contribution in [-0.2, 0) is 6.42 Å². The van der Waals surface area contributed by atoms with Crippen molar-refractivity contribution in [2.75, 3.05) is 0 Å². The molecule has 1 aromatic heterocycles. The molecule has 0 aliphatic heterocycles. The van der Waals surface area contributed by atoms with Gasteiger partial charge < -0.3 is 14.8 Å². The first-order chi connectivity index (χ1) is 7.70. The fourth-order valence-electron chi connectivity index (χ4n) is 2.36. The lowest BCUT2D eigenvalue weighted by Gasteiger charge is -2.20. The summed E-state index contributed by atoms with van der Waals surface area (Å²) < 4.78 is 5.70. The third kappa shape index (κ3) is 2.47. The molecule has 3 nitrogen and oxygen atoms in total. The summed E-state index contributed by atoms with van der Waals surface area (Å²) in [5, 5.41) is 13.2. The van der Waals surface area contributed by atoms with Crippen molar-refractivity contribution in [3.05, 3.63) is 23.7 Å². The fraction of sp³-hybridized carbons (Fsp3) is 0.692. The van der Waals surface area contributed by atoms with E-state index in [4.69, 9.17) is 4.42 Å². The molecular weight excluding hydrogens is 202 g/mol. The lowest BCUT2D eigenvalue weighted by Crippen LogP contribution is -2.37. The molecule has 3 unspecified atom stereocenters. The number of furan rings is 1. The van der Waals surface area contributed by atoms with E-state index in [1.807, 2.05) is 12.1 Å². The Labute approximate surface area is 96.8 Å². The average Bonchev–Trinajstić information content (AvgIpc) is 2.88. The summed E-state index contributed by atoms with van der Waals surface area (Å²) >= 11 is 0. The third-order valence-corrected chi connectivity index (χ3v) is 3.40. The van der Waals surface area contributed by atoms with Crippen molar-refractivity contribution in [3.63, 3.8) is 0 Å². The summed E-state index contributed by atoms with van der Waals surface area (Å²) in [6.07, 6.45) is 3.83. The number of hydrogen-bond acceptors (Lipinski definition) is 3. The minimum atomic E-state index is -0.192. The standard InChI is InChI=1S/C13H21NO2/c1-3-10-7-8-13(16-10)9(2)14-11-5-4-6-12(11)15/h7-9,11-12,14-15H,3-6H2,1-2H3. The smallest absolute Gasteiger partial charge is 0.120 e. The van der Waals surface area contributed by atoms with Gasteiger partial charge in [-0.25, -0.2) is 0 Å². The molecular formula is C13H21NO2. The Hall–Kier alpha value is -0.800. The number of aryl methyl sites for hydroxylation is 1. The molecule has 2 rings (SSSR count). The zero-order chi connectivity index (χ0) is 11.5. The lowest BCUT2D eigenvalue weighted by molar-refractivity contribution is 0.142. The van der Waals surface area contributed by atoms with Crippen molar-refractivity contribution in [2.24, 2.45) is 0 Å². The monoisotopic (exact) mass is 223 g/mol. The zero-order valence-electron chi connectivity index (χ0n) is 10.1. The largest absolute Gasteiger partial charge is 0.464 e. The van der Waals surface area contributed by atoms with Crippen LogP contribution in [0.25, 0.3) is 0 Å². The number of nitrogens with one attached hydrogen (secondary N) is 1. The van der Waals surface area contributed by atoms with Crippen molar-refractivity contribution in [1.29, 1.82) is 0 Å². The van der Waals surface area contributed by atoms with Crippen molar-refractivity contribution in [2.45, 2.75) is 57.7 Å². The normalized spacial score (nSPS) is 27.2. The van der Waals surface area contributed by atoms with E-state index in [2.05, 4.69) is 19.2 Å². The van der Waals surface area contributed by atoms with E-state index in [0.29, 0.717) is 0 Å². The fourth-order valence-corrected chi connectivity index (χ4v) is 2.36. The first-order valence-corrected chi connectivity index (χ1v) is 6.23. The molecule has 1 saturated carbocycles. The topological polar surface area (TPSA) is 45.4 Å². The summed E-state index contributed by atoms with van der Waals surface area (Å²) in [5.74, 6) is 1.99. The maximum Gasteiger partial charge on any atom is 0.120 e. The second-order valence-corrected chi connectivity index (χ2v) is 4.65. The molecule has 0 amide bonds. The highest BCUT2D eigenvalue weighted by Crippen LogP contribution is 2.23. The van der Waals surface area contributed by atoms with Crippen LogP contribution in [0.1, 0.15) is 50.7 Å². The summed E-state index contributed by atoms with van der Waals surface area (Å²) in [4.78, 5) is 0. The van der Waals surface area contributed by atoms with Crippen LogP contribution in [0.4, 0.5) is 0 Å². The zero-order valence-corrected chi connectivity index (χ0v) is 10.1. The molecule has 3 atom stereocenters. The van der Waals surface area contributed by atoms with Crippen LogP contribution in [0, 0.1) is 0 Å². The van der Waals surface area contributed by atoms with Gasteiger partial charge in [0.1, 0.15) is 11.5 Å². The Bertz CT molecular complexity index is 334. The maximum absolute atomic E-state index is 9.74. The van der Waals surface area contributed by atoms with Crippen LogP contribution in [0.3, 0.4) is 0 Å². The Morgan fingerprint density at radius 1 is 1.50 bits per heavy atom. The first kappa shape index (κ1) is 11.7. The van der Waals surface area contributed by atoms with Gasteiger partial charge in [-0.1, -0.05) is 6.92 Å². The van der Waals surface area contributed by atoms with Gasteiger partial charge in [-0.15, -0.1) is 0 Å². The number of rotatable bonds is 4. The van der Waals surface area contributed by atoms with Crippen molar-refractivity contribution in [1.82, 2.24) is 5.32 Å². The van der Waals surface area contributed by atoms with Crippen LogP contribution >= 0.6 is 0 Å². The minimum absolute atomic E-state index is 0.179. The second kappa shape index (κ2) is 5.02. The van der Waals surface area contributed by atoms with Gasteiger partial charge in [-0.3, -0.25) is 0 Å². The molecule has 2 N–H and O–H groups in total. The Morgan fingerprint density at radius 2 is 2.31 bits per heavy atom. The Balaban J connectivity index is 1.94. The predicted octanol–water partition coefficient (Wildman–Crippen LogP) is 2.41. The minimum Gasteiger partial charge on any atom is -0.464 e. The summed E-state index contributed by atoms with van der Waals surface area (Å²) in [5.41, 5.74) is 0. The molecule has 0 aromatic carbocycles. The van der Waals surface area contributed by atoms with E-state index in [1.54, 1.807) is 0 Å². The van der Waals surface area contributed by atoms with E-state index >= 15 is 0 Å². The van der Waals surface area contributed by atoms with Gasteiger partial charge in [-0.2, -0.15) is 0 Å². The molecule has 16 heavy (non-hydrogen) atoms. The van der Waals surface area contributed by atoms with Crippen molar-refractivity contribution < 1.29 is 9.52 Å². The molecule has 0 bridgehead atoms. The van der Waals surface area contributed by atoms with Gasteiger partial charge in [0, 0.05) is 12.5 Å². The number of aliphatic hydroxyl groups excluding tert-OH is 1. The molecule has 90 valence electrons. The van der Waals surface area contributed by atoms with Gasteiger partial charge in [-0.05, 0) is 38.3 Å². The van der Waals surface area contributed by atoms with Crippen LogP contribution in [0.5, 0.6) is 0 Å². The summed E-state index contributed by atoms with van der Waals surface area (Å²) in [6.45, 7) is 4.17. The molecule has 1 fully saturated rings. The van der Waals surface area contributed by atoms with Crippen LogP contribution in [0.2, 0.25) is 0 Å². The molecule has 0 radical (unpaired) electrons. The quantitative estimate of drug-likeness (QED) is 0.824. The molecule has 0 saturated heterocycles. The molecule has 1 aromatic rings. The van der Waals surface area contributed by atoms with Gasteiger partial charge in [0.2, 0.25) is 0 Å². The molecule has 1 aliphatic rings.